The highest BCUT2D eigenvalue weighted by molar-refractivity contribution is 5.67. The molecule has 2 heterocycles. The Kier molecular flexibility index (Phi) is 5.38. The number of hydrogen-bond acceptors (Lipinski definition) is 4. The van der Waals surface area contributed by atoms with Crippen molar-refractivity contribution in [2.24, 2.45) is 0 Å². The van der Waals surface area contributed by atoms with Crippen molar-refractivity contribution < 1.29 is 26.0 Å². The van der Waals surface area contributed by atoms with Crippen molar-refractivity contribution in [3.63, 3.8) is 0 Å². The first kappa shape index (κ1) is 15.9. The van der Waals surface area contributed by atoms with Crippen molar-refractivity contribution in [3.8, 4) is 0 Å². The van der Waals surface area contributed by atoms with Crippen LogP contribution < -0.4 is 22.8 Å². The lowest BCUT2D eigenvalue weighted by Gasteiger charge is -1.95. The Labute approximate surface area is 134 Å². The van der Waals surface area contributed by atoms with Crippen LogP contribution in [-0.2, 0) is 13.0 Å². The van der Waals surface area contributed by atoms with E-state index in [4.69, 9.17) is 14.7 Å². The molecule has 3 rings (SSSR count). The fourth-order valence-electron chi connectivity index (χ4n) is 2.07. The third-order valence-electron chi connectivity index (χ3n) is 3.17. The molecule has 0 aliphatic heterocycles. The zero-order chi connectivity index (χ0) is 14.5. The molecule has 22 heavy (non-hydrogen) atoms. The molecule has 0 spiro atoms. The van der Waals surface area contributed by atoms with Crippen LogP contribution in [0.5, 0.6) is 0 Å². The summed E-state index contributed by atoms with van der Waals surface area (Å²) in [7, 11) is 0. The van der Waals surface area contributed by atoms with E-state index in [1.807, 2.05) is 42.5 Å². The molecule has 1 aromatic carbocycles. The summed E-state index contributed by atoms with van der Waals surface area (Å²) >= 11 is 0. The van der Waals surface area contributed by atoms with Crippen LogP contribution in [0, 0.1) is 0 Å². The normalized spacial score (nSPS) is 10.7. The molecular formula is C16H16ClN3O2. The Hall–Kier alpha value is -2.53. The molecule has 6 heteroatoms. The average Bonchev–Trinajstić information content (AvgIpc) is 3.14. The molecule has 3 aromatic rings. The largest absolute Gasteiger partial charge is 1.00 e. The predicted octanol–water partition coefficient (Wildman–Crippen LogP) is -0.446. The smallest absolute Gasteiger partial charge is 0.301 e. The fourth-order valence-corrected chi connectivity index (χ4v) is 2.07. The van der Waals surface area contributed by atoms with Crippen LogP contribution in [0.15, 0.2) is 57.7 Å². The summed E-state index contributed by atoms with van der Waals surface area (Å²) in [6, 6.07) is 13.9. The molecule has 0 saturated carbocycles. The van der Waals surface area contributed by atoms with Crippen molar-refractivity contribution >= 4 is 18.0 Å². The quantitative estimate of drug-likeness (QED) is 0.648. The predicted molar refractivity (Wildman–Crippen MR) is 78.9 cm³/mol. The summed E-state index contributed by atoms with van der Waals surface area (Å²) in [5, 5.41) is 3.97. The van der Waals surface area contributed by atoms with Gasteiger partial charge in [-0.3, -0.25) is 4.52 Å². The van der Waals surface area contributed by atoms with E-state index >= 15 is 0 Å². The number of aryl methyl sites for hydroxylation is 2. The topological polar surface area (TPSA) is 69.1 Å². The number of rotatable bonds is 5. The summed E-state index contributed by atoms with van der Waals surface area (Å²) in [6.07, 6.45) is 6.16. The van der Waals surface area contributed by atoms with Crippen LogP contribution >= 0.6 is 0 Å². The maximum absolute atomic E-state index is 5.82. The molecule has 114 valence electrons. The van der Waals surface area contributed by atoms with Crippen LogP contribution in [-0.4, -0.2) is 5.27 Å². The second-order valence-electron chi connectivity index (χ2n) is 4.63. The van der Waals surface area contributed by atoms with Gasteiger partial charge < -0.3 is 22.6 Å². The number of nitrogens with two attached hydrogens (primary N) is 1. The molecule has 2 N–H and O–H groups in total. The number of benzene rings is 1. The lowest BCUT2D eigenvalue weighted by Crippen LogP contribution is -3.00. The Morgan fingerprint density at radius 3 is 2.64 bits per heavy atom. The van der Waals surface area contributed by atoms with Gasteiger partial charge in [0.15, 0.2) is 6.54 Å². The zero-order valence-electron chi connectivity index (χ0n) is 11.9. The van der Waals surface area contributed by atoms with E-state index < -0.39 is 0 Å². The Balaban J connectivity index is 0.00000176. The molecule has 0 unspecified atom stereocenters. The number of nitrogen functional groups attached to an aromatic ring is 1. The van der Waals surface area contributed by atoms with Crippen LogP contribution in [0.25, 0.3) is 12.2 Å². The second kappa shape index (κ2) is 7.47. The summed E-state index contributed by atoms with van der Waals surface area (Å²) in [5.74, 6) is 1.05. The highest BCUT2D eigenvalue weighted by Gasteiger charge is 2.19. The van der Waals surface area contributed by atoms with Gasteiger partial charge in [-0.15, -0.1) is 0 Å². The molecular weight excluding hydrogens is 302 g/mol. The van der Waals surface area contributed by atoms with Gasteiger partial charge in [0.2, 0.25) is 5.27 Å². The fraction of sp³-hybridized carbons (Fsp3) is 0.125. The molecule has 0 saturated heterocycles. The Morgan fingerprint density at radius 2 is 1.91 bits per heavy atom. The van der Waals surface area contributed by atoms with Gasteiger partial charge in [-0.05, 0) is 28.5 Å². The minimum absolute atomic E-state index is 0. The first-order valence-corrected chi connectivity index (χ1v) is 6.74. The standard InChI is InChI=1S/C16H16N3O2.ClH/c17-16-15(9-8-14-7-4-12-20-14)19(18-21-16)11-10-13-5-2-1-3-6-13;/h1-9,12H,10-11,17H2;1H/q+1;/p-1/b9-8+;. The molecule has 2 aromatic heterocycles. The van der Waals surface area contributed by atoms with Gasteiger partial charge in [0, 0.05) is 12.5 Å². The van der Waals surface area contributed by atoms with Crippen molar-refractivity contribution in [1.29, 1.82) is 0 Å². The molecule has 0 atom stereocenters. The van der Waals surface area contributed by atoms with Crippen LogP contribution in [0.4, 0.5) is 5.88 Å². The van der Waals surface area contributed by atoms with Crippen LogP contribution in [0.2, 0.25) is 0 Å². The van der Waals surface area contributed by atoms with E-state index in [1.165, 1.54) is 5.56 Å². The number of anilines is 1. The summed E-state index contributed by atoms with van der Waals surface area (Å²) < 4.78 is 12.1. The average molecular weight is 318 g/mol. The number of nitrogens with zero attached hydrogens (tertiary/aromatic N) is 2. The molecule has 0 fully saturated rings. The van der Waals surface area contributed by atoms with Crippen molar-refractivity contribution in [3.05, 3.63) is 65.7 Å². The number of furan rings is 1. The van der Waals surface area contributed by atoms with E-state index in [9.17, 15) is 0 Å². The third-order valence-corrected chi connectivity index (χ3v) is 3.17. The van der Waals surface area contributed by atoms with E-state index in [0.717, 1.165) is 17.9 Å². The lowest BCUT2D eigenvalue weighted by atomic mass is 10.1. The number of hydrogen-bond donors (Lipinski definition) is 1. The van der Waals surface area contributed by atoms with Gasteiger partial charge in [0.1, 0.15) is 5.76 Å². The summed E-state index contributed by atoms with van der Waals surface area (Å²) in [6.45, 7) is 0.697. The molecule has 0 aliphatic carbocycles. The van der Waals surface area contributed by atoms with Gasteiger partial charge in [0.05, 0.1) is 6.26 Å². The van der Waals surface area contributed by atoms with E-state index in [-0.39, 0.29) is 12.4 Å². The molecule has 0 bridgehead atoms. The van der Waals surface area contributed by atoms with Gasteiger partial charge in [-0.2, -0.15) is 0 Å². The lowest BCUT2D eigenvalue weighted by molar-refractivity contribution is -0.763. The van der Waals surface area contributed by atoms with E-state index in [1.54, 1.807) is 10.9 Å². The first-order valence-electron chi connectivity index (χ1n) is 6.74. The number of halogens is 1. The maximum Gasteiger partial charge on any atom is 0.301 e. The van der Waals surface area contributed by atoms with E-state index in [2.05, 4.69) is 17.4 Å². The van der Waals surface area contributed by atoms with Gasteiger partial charge in [0.25, 0.3) is 5.69 Å². The molecule has 0 aliphatic rings. The highest BCUT2D eigenvalue weighted by atomic mass is 35.5. The van der Waals surface area contributed by atoms with Crippen LogP contribution in [0.3, 0.4) is 0 Å². The highest BCUT2D eigenvalue weighted by Crippen LogP contribution is 2.11. The first-order chi connectivity index (χ1) is 10.3. The second-order valence-corrected chi connectivity index (χ2v) is 4.63. The van der Waals surface area contributed by atoms with E-state index in [0.29, 0.717) is 12.4 Å². The van der Waals surface area contributed by atoms with Gasteiger partial charge in [-0.25, -0.2) is 0 Å². The van der Waals surface area contributed by atoms with Gasteiger partial charge in [-0.1, -0.05) is 30.3 Å². The summed E-state index contributed by atoms with van der Waals surface area (Å²) in [5.41, 5.74) is 7.80. The molecule has 0 radical (unpaired) electrons. The maximum atomic E-state index is 5.82. The Bertz CT molecular complexity index is 721. The van der Waals surface area contributed by atoms with Gasteiger partial charge >= 0.3 is 5.88 Å². The van der Waals surface area contributed by atoms with Crippen molar-refractivity contribution in [2.45, 2.75) is 13.0 Å². The minimum atomic E-state index is 0. The SMILES string of the molecule is Nc1on[n+](CCc2ccccc2)c1/C=C/c1ccco1.[Cl-]. The van der Waals surface area contributed by atoms with Crippen LogP contribution in [0.1, 0.15) is 17.0 Å². The van der Waals surface area contributed by atoms with Crippen molar-refractivity contribution in [1.82, 2.24) is 5.27 Å². The monoisotopic (exact) mass is 317 g/mol. The molecule has 0 amide bonds. The Morgan fingerprint density at radius 1 is 1.09 bits per heavy atom. The van der Waals surface area contributed by atoms with Crippen molar-refractivity contribution in [2.75, 3.05) is 5.73 Å². The zero-order valence-corrected chi connectivity index (χ0v) is 12.6. The summed E-state index contributed by atoms with van der Waals surface area (Å²) in [4.78, 5) is 0. The number of aromatic nitrogens is 2. The third kappa shape index (κ3) is 3.77. The minimum Gasteiger partial charge on any atom is -1.00 e. The molecule has 5 nitrogen and oxygen atoms in total.